The number of hydrogen-bond donors (Lipinski definition) is 3. The lowest BCUT2D eigenvalue weighted by Gasteiger charge is -2.05. The monoisotopic (exact) mass is 532 g/mol. The summed E-state index contributed by atoms with van der Waals surface area (Å²) in [4.78, 5) is 45.0. The molecule has 0 aliphatic carbocycles. The van der Waals surface area contributed by atoms with E-state index in [4.69, 9.17) is 5.11 Å². The Morgan fingerprint density at radius 1 is 0.789 bits per heavy atom. The number of Topliss-reactive ketones (excluding diaryl/α,β-unsaturated/α-hetero) is 1. The highest BCUT2D eigenvalue weighted by Crippen LogP contribution is 2.14. The molecule has 0 aromatic heterocycles. The second kappa shape index (κ2) is 16.4. The molecule has 0 saturated heterocycles. The number of aliphatic hydroxyl groups is 2. The van der Waals surface area contributed by atoms with Crippen LogP contribution in [-0.2, 0) is 36.8 Å². The molecule has 0 atom stereocenters. The van der Waals surface area contributed by atoms with Crippen molar-refractivity contribution in [1.29, 1.82) is 0 Å². The Balaban J connectivity index is 0.000000380. The number of aliphatic hydroxyl groups excluding tert-OH is 2. The Morgan fingerprint density at radius 2 is 1.26 bits per heavy atom. The summed E-state index contributed by atoms with van der Waals surface area (Å²) in [6.07, 6.45) is 1.98. The Kier molecular flexibility index (Phi) is 13.7. The number of benzene rings is 2. The van der Waals surface area contributed by atoms with E-state index in [-0.39, 0.29) is 43.1 Å². The van der Waals surface area contributed by atoms with Crippen LogP contribution in [0.4, 0.5) is 8.78 Å². The number of aryl methyl sites for hydroxylation is 2. The fraction of sp³-hybridized carbons (Fsp3) is 0.286. The molecule has 2 aromatic carbocycles. The van der Waals surface area contributed by atoms with E-state index in [9.17, 15) is 38.2 Å². The topological polar surface area (TPSA) is 138 Å². The van der Waals surface area contributed by atoms with Crippen molar-refractivity contribution in [2.24, 2.45) is 0 Å². The first-order valence-electron chi connectivity index (χ1n) is 11.8. The fourth-order valence-electron chi connectivity index (χ4n) is 3.09. The minimum Gasteiger partial charge on any atom is -0.502 e. The molecular weight excluding hydrogens is 502 g/mol. The van der Waals surface area contributed by atoms with Crippen molar-refractivity contribution < 1.29 is 48.0 Å². The van der Waals surface area contributed by atoms with Gasteiger partial charge in [0.05, 0.1) is 6.61 Å². The maximum absolute atomic E-state index is 12.7. The second-order valence-electron chi connectivity index (χ2n) is 7.88. The lowest BCUT2D eigenvalue weighted by molar-refractivity contribution is -0.141. The van der Waals surface area contributed by atoms with E-state index in [0.29, 0.717) is 12.8 Å². The van der Waals surface area contributed by atoms with Crippen LogP contribution < -0.4 is 0 Å². The van der Waals surface area contributed by atoms with Crippen LogP contribution in [-0.4, -0.2) is 45.4 Å². The molecule has 0 unspecified atom stereocenters. The van der Waals surface area contributed by atoms with Gasteiger partial charge in [-0.1, -0.05) is 31.2 Å². The second-order valence-corrected chi connectivity index (χ2v) is 7.88. The SMILES string of the molecule is CC/C(C(=O)CCc1ccc(F)cc1)=C(/O)C(=O)O.CCOC(=O)/C(O)=C/C(=O)CCc1ccc(F)cc1. The molecule has 0 spiro atoms. The summed E-state index contributed by atoms with van der Waals surface area (Å²) in [5, 5.41) is 27.2. The van der Waals surface area contributed by atoms with E-state index in [1.165, 1.54) is 24.3 Å². The van der Waals surface area contributed by atoms with Gasteiger partial charge in [0.15, 0.2) is 11.6 Å². The number of carbonyl (C=O) groups is 4. The highest BCUT2D eigenvalue weighted by atomic mass is 19.1. The van der Waals surface area contributed by atoms with Gasteiger partial charge in [-0.3, -0.25) is 9.59 Å². The third-order valence-corrected chi connectivity index (χ3v) is 5.09. The van der Waals surface area contributed by atoms with Crippen LogP contribution in [0.15, 0.2) is 71.7 Å². The largest absolute Gasteiger partial charge is 0.502 e. The van der Waals surface area contributed by atoms with Gasteiger partial charge < -0.3 is 20.1 Å². The lowest BCUT2D eigenvalue weighted by Crippen LogP contribution is -2.12. The predicted molar refractivity (Wildman–Crippen MR) is 134 cm³/mol. The summed E-state index contributed by atoms with van der Waals surface area (Å²) < 4.78 is 29.9. The number of halogens is 2. The molecule has 0 bridgehead atoms. The van der Waals surface area contributed by atoms with E-state index < -0.39 is 35.0 Å². The lowest BCUT2D eigenvalue weighted by atomic mass is 10.00. The molecule has 3 N–H and O–H groups in total. The number of ketones is 2. The van der Waals surface area contributed by atoms with Crippen LogP contribution in [0.3, 0.4) is 0 Å². The van der Waals surface area contributed by atoms with Gasteiger partial charge in [-0.15, -0.1) is 0 Å². The number of allylic oxidation sites excluding steroid dienone is 2. The number of carboxylic acids is 1. The standard InChI is InChI=1S/2C14H15FO4/c1-2-19-14(18)13(17)9-12(16)8-5-10-3-6-11(15)7-4-10;1-2-11(13(17)14(18)19)12(16)8-5-9-3-6-10(15)7-4-9/h3-4,6-7,9,17H,2,5,8H2,1H3;3-4,6-7,17H,2,5,8H2,1H3,(H,18,19)/b13-9-;13-11-. The number of rotatable bonds is 12. The highest BCUT2D eigenvalue weighted by molar-refractivity contribution is 6.02. The fourth-order valence-corrected chi connectivity index (χ4v) is 3.09. The average molecular weight is 533 g/mol. The summed E-state index contributed by atoms with van der Waals surface area (Å²) in [5.41, 5.74) is 1.49. The molecule has 0 fully saturated rings. The van der Waals surface area contributed by atoms with Gasteiger partial charge in [-0.25, -0.2) is 18.4 Å². The van der Waals surface area contributed by atoms with Crippen LogP contribution in [0.2, 0.25) is 0 Å². The smallest absolute Gasteiger partial charge is 0.373 e. The molecule has 0 aliphatic heterocycles. The molecule has 0 aliphatic rings. The number of carbonyl (C=O) groups excluding carboxylic acids is 3. The summed E-state index contributed by atoms with van der Waals surface area (Å²) in [6.45, 7) is 3.33. The third-order valence-electron chi connectivity index (χ3n) is 5.09. The normalized spacial score (nSPS) is 11.5. The van der Waals surface area contributed by atoms with Gasteiger partial charge in [-0.2, -0.15) is 0 Å². The van der Waals surface area contributed by atoms with E-state index >= 15 is 0 Å². The number of aliphatic carboxylic acids is 1. The molecule has 8 nitrogen and oxygen atoms in total. The molecule has 0 heterocycles. The highest BCUT2D eigenvalue weighted by Gasteiger charge is 2.18. The van der Waals surface area contributed by atoms with Crippen molar-refractivity contribution in [1.82, 2.24) is 0 Å². The average Bonchev–Trinajstić information content (AvgIpc) is 2.88. The van der Waals surface area contributed by atoms with Crippen molar-refractivity contribution in [3.63, 3.8) is 0 Å². The molecule has 0 radical (unpaired) electrons. The van der Waals surface area contributed by atoms with E-state index in [2.05, 4.69) is 4.74 Å². The van der Waals surface area contributed by atoms with Crippen molar-refractivity contribution in [2.45, 2.75) is 46.0 Å². The van der Waals surface area contributed by atoms with Crippen LogP contribution in [0.25, 0.3) is 0 Å². The van der Waals surface area contributed by atoms with Gasteiger partial charge in [0.2, 0.25) is 11.5 Å². The molecule has 204 valence electrons. The van der Waals surface area contributed by atoms with E-state index in [1.54, 1.807) is 38.1 Å². The minimum atomic E-state index is -1.51. The quantitative estimate of drug-likeness (QED) is 0.198. The molecule has 38 heavy (non-hydrogen) atoms. The number of hydrogen-bond acceptors (Lipinski definition) is 7. The first kappa shape index (κ1) is 31.7. The molecule has 0 saturated carbocycles. The van der Waals surface area contributed by atoms with Gasteiger partial charge >= 0.3 is 11.9 Å². The maximum Gasteiger partial charge on any atom is 0.373 e. The van der Waals surface area contributed by atoms with Crippen molar-refractivity contribution >= 4 is 23.5 Å². The van der Waals surface area contributed by atoms with Gasteiger partial charge in [0, 0.05) is 24.5 Å². The third kappa shape index (κ3) is 11.6. The summed E-state index contributed by atoms with van der Waals surface area (Å²) in [6, 6.07) is 11.5. The molecular formula is C28H30F2O8. The maximum atomic E-state index is 12.7. The van der Waals surface area contributed by atoms with Crippen molar-refractivity contribution in [2.75, 3.05) is 6.61 Å². The first-order valence-corrected chi connectivity index (χ1v) is 11.8. The van der Waals surface area contributed by atoms with Crippen LogP contribution in [0.5, 0.6) is 0 Å². The summed E-state index contributed by atoms with van der Waals surface area (Å²) in [5.74, 6) is -5.52. The zero-order chi connectivity index (χ0) is 28.7. The Labute approximate surface area is 218 Å². The Bertz CT molecular complexity index is 1170. The van der Waals surface area contributed by atoms with Gasteiger partial charge in [0.25, 0.3) is 0 Å². The van der Waals surface area contributed by atoms with E-state index in [0.717, 1.165) is 17.2 Å². The first-order chi connectivity index (χ1) is 18.0. The van der Waals surface area contributed by atoms with Gasteiger partial charge in [0.1, 0.15) is 11.6 Å². The zero-order valence-corrected chi connectivity index (χ0v) is 21.1. The number of ether oxygens (including phenoxy) is 1. The molecule has 10 heteroatoms. The summed E-state index contributed by atoms with van der Waals surface area (Å²) in [7, 11) is 0. The van der Waals surface area contributed by atoms with Crippen LogP contribution in [0.1, 0.15) is 44.2 Å². The molecule has 2 rings (SSSR count). The summed E-state index contributed by atoms with van der Waals surface area (Å²) >= 11 is 0. The zero-order valence-electron chi connectivity index (χ0n) is 21.1. The van der Waals surface area contributed by atoms with Gasteiger partial charge in [-0.05, 0) is 61.6 Å². The molecule has 2 aromatic rings. The Morgan fingerprint density at radius 3 is 1.68 bits per heavy atom. The Hall–Kier alpha value is -4.34. The van der Waals surface area contributed by atoms with Crippen LogP contribution >= 0.6 is 0 Å². The predicted octanol–water partition coefficient (Wildman–Crippen LogP) is 4.97. The van der Waals surface area contributed by atoms with Crippen molar-refractivity contribution in [3.8, 4) is 0 Å². The number of carboxylic acid groups (broad SMARTS) is 1. The van der Waals surface area contributed by atoms with E-state index in [1.807, 2.05) is 0 Å². The van der Waals surface area contributed by atoms with Crippen LogP contribution in [0, 0.1) is 11.6 Å². The number of esters is 1. The minimum absolute atomic E-state index is 0.0755. The molecule has 0 amide bonds. The van der Waals surface area contributed by atoms with Crippen molar-refractivity contribution in [3.05, 3.63) is 94.5 Å².